The van der Waals surface area contributed by atoms with E-state index in [-0.39, 0.29) is 18.6 Å². The molecule has 0 bridgehead atoms. The number of carbonyl (C=O) groups is 2. The van der Waals surface area contributed by atoms with Gasteiger partial charge in [0.05, 0.1) is 28.4 Å². The number of aromatic amines is 1. The van der Waals surface area contributed by atoms with Gasteiger partial charge in [-0.15, -0.1) is 11.3 Å². The number of carbonyl (C=O) groups excluding carboxylic acids is 2. The third kappa shape index (κ3) is 3.73. The lowest BCUT2D eigenvalue weighted by Crippen LogP contribution is -2.31. The number of likely N-dealkylation sites (tertiary alicyclic amines) is 1. The van der Waals surface area contributed by atoms with Gasteiger partial charge in [-0.05, 0) is 44.4 Å². The molecule has 4 rings (SSSR count). The first kappa shape index (κ1) is 20.6. The number of esters is 1. The van der Waals surface area contributed by atoms with Crippen LogP contribution in [0.1, 0.15) is 56.0 Å². The largest absolute Gasteiger partial charge is 0.460 e. The molecule has 3 heterocycles. The fourth-order valence-electron chi connectivity index (χ4n) is 4.00. The van der Waals surface area contributed by atoms with Gasteiger partial charge < -0.3 is 19.4 Å². The minimum atomic E-state index is -0.443. The summed E-state index contributed by atoms with van der Waals surface area (Å²) in [5.41, 5.74) is 3.08. The van der Waals surface area contributed by atoms with Crippen molar-refractivity contribution in [3.05, 3.63) is 51.8 Å². The Bertz CT molecular complexity index is 1050. The maximum Gasteiger partial charge on any atom is 0.340 e. The first-order valence-corrected chi connectivity index (χ1v) is 10.8. The number of H-pyrrole nitrogens is 1. The molecule has 1 aromatic carbocycles. The molecule has 0 saturated carbocycles. The summed E-state index contributed by atoms with van der Waals surface area (Å²) in [6.45, 7) is 4.74. The van der Waals surface area contributed by atoms with Gasteiger partial charge in [0, 0.05) is 19.3 Å². The number of methoxy groups -OCH3 is 1. The minimum absolute atomic E-state index is 0.0463. The van der Waals surface area contributed by atoms with Gasteiger partial charge in [0.2, 0.25) is 0 Å². The van der Waals surface area contributed by atoms with E-state index in [9.17, 15) is 9.59 Å². The molecule has 3 aromatic rings. The Labute approximate surface area is 179 Å². The number of benzene rings is 1. The smallest absolute Gasteiger partial charge is 0.340 e. The Hall–Kier alpha value is -2.71. The SMILES string of the molecule is COCCOC(=O)c1c(C)[nH]c(C(=O)N2CCCC2c2nc3ccccc3s2)c1C. The predicted molar refractivity (Wildman–Crippen MR) is 115 cm³/mol. The van der Waals surface area contributed by atoms with Crippen LogP contribution in [0.5, 0.6) is 0 Å². The van der Waals surface area contributed by atoms with E-state index < -0.39 is 5.97 Å². The Kier molecular flexibility index (Phi) is 5.87. The third-order valence-corrected chi connectivity index (χ3v) is 6.62. The van der Waals surface area contributed by atoms with Crippen molar-refractivity contribution in [1.82, 2.24) is 14.9 Å². The maximum absolute atomic E-state index is 13.4. The third-order valence-electron chi connectivity index (χ3n) is 5.49. The Balaban J connectivity index is 1.59. The lowest BCUT2D eigenvalue weighted by Gasteiger charge is -2.23. The monoisotopic (exact) mass is 427 g/mol. The second kappa shape index (κ2) is 8.57. The van der Waals surface area contributed by atoms with E-state index in [4.69, 9.17) is 14.5 Å². The summed E-state index contributed by atoms with van der Waals surface area (Å²) >= 11 is 1.64. The zero-order chi connectivity index (χ0) is 21.3. The highest BCUT2D eigenvalue weighted by Crippen LogP contribution is 2.37. The lowest BCUT2D eigenvalue weighted by molar-refractivity contribution is 0.0387. The highest BCUT2D eigenvalue weighted by Gasteiger charge is 2.35. The minimum Gasteiger partial charge on any atom is -0.460 e. The summed E-state index contributed by atoms with van der Waals surface area (Å²) in [6, 6.07) is 7.98. The quantitative estimate of drug-likeness (QED) is 0.474. The number of fused-ring (bicyclic) bond motifs is 1. The Morgan fingerprint density at radius 2 is 2.07 bits per heavy atom. The van der Waals surface area contributed by atoms with E-state index in [0.717, 1.165) is 28.1 Å². The number of hydrogen-bond acceptors (Lipinski definition) is 6. The number of hydrogen-bond donors (Lipinski definition) is 1. The number of aromatic nitrogens is 2. The van der Waals surface area contributed by atoms with Crippen molar-refractivity contribution in [3.8, 4) is 0 Å². The van der Waals surface area contributed by atoms with Crippen LogP contribution >= 0.6 is 11.3 Å². The van der Waals surface area contributed by atoms with Gasteiger partial charge in [0.25, 0.3) is 5.91 Å². The van der Waals surface area contributed by atoms with Crippen LogP contribution in [0.15, 0.2) is 24.3 Å². The van der Waals surface area contributed by atoms with Gasteiger partial charge >= 0.3 is 5.97 Å². The van der Waals surface area contributed by atoms with Gasteiger partial charge in [-0.1, -0.05) is 12.1 Å². The average molecular weight is 428 g/mol. The number of nitrogens with one attached hydrogen (secondary N) is 1. The van der Waals surface area contributed by atoms with Gasteiger partial charge in [0.15, 0.2) is 0 Å². The highest BCUT2D eigenvalue weighted by atomic mass is 32.1. The van der Waals surface area contributed by atoms with Crippen LogP contribution in [0.2, 0.25) is 0 Å². The molecule has 1 unspecified atom stereocenters. The van der Waals surface area contributed by atoms with Gasteiger partial charge in [-0.25, -0.2) is 9.78 Å². The summed E-state index contributed by atoms with van der Waals surface area (Å²) in [7, 11) is 1.55. The molecule has 1 amide bonds. The zero-order valence-electron chi connectivity index (χ0n) is 17.4. The molecule has 0 spiro atoms. The number of nitrogens with zero attached hydrogens (tertiary/aromatic N) is 2. The number of rotatable bonds is 6. The number of aryl methyl sites for hydroxylation is 1. The molecule has 1 N–H and O–H groups in total. The fraction of sp³-hybridized carbons (Fsp3) is 0.409. The van der Waals surface area contributed by atoms with Crippen molar-refractivity contribution in [2.75, 3.05) is 26.9 Å². The van der Waals surface area contributed by atoms with Crippen molar-refractivity contribution in [1.29, 1.82) is 0 Å². The topological polar surface area (TPSA) is 84.5 Å². The second-order valence-electron chi connectivity index (χ2n) is 7.43. The second-order valence-corrected chi connectivity index (χ2v) is 8.49. The van der Waals surface area contributed by atoms with E-state index in [1.807, 2.05) is 23.1 Å². The molecular formula is C22H25N3O4S. The average Bonchev–Trinajstić information content (AvgIpc) is 3.44. The summed E-state index contributed by atoms with van der Waals surface area (Å²) in [6.07, 6.45) is 1.81. The molecule has 1 aliphatic heterocycles. The first-order valence-electron chi connectivity index (χ1n) is 10.0. The highest BCUT2D eigenvalue weighted by molar-refractivity contribution is 7.18. The van der Waals surface area contributed by atoms with Crippen LogP contribution < -0.4 is 0 Å². The zero-order valence-corrected chi connectivity index (χ0v) is 18.2. The molecule has 1 atom stereocenters. The van der Waals surface area contributed by atoms with Crippen molar-refractivity contribution >= 4 is 33.4 Å². The Morgan fingerprint density at radius 1 is 1.27 bits per heavy atom. The van der Waals surface area contributed by atoms with E-state index >= 15 is 0 Å². The van der Waals surface area contributed by atoms with Crippen LogP contribution in [-0.4, -0.2) is 53.6 Å². The first-order chi connectivity index (χ1) is 14.5. The number of para-hydroxylation sites is 1. The summed E-state index contributed by atoms with van der Waals surface area (Å²) in [5.74, 6) is -0.546. The van der Waals surface area contributed by atoms with E-state index in [2.05, 4.69) is 11.1 Å². The molecule has 158 valence electrons. The summed E-state index contributed by atoms with van der Waals surface area (Å²) in [5, 5.41) is 0.960. The standard InChI is InChI=1S/C22H25N3O4S/c1-13-18(22(27)29-12-11-28-3)14(2)23-19(13)21(26)25-10-6-8-16(25)20-24-15-7-4-5-9-17(15)30-20/h4-5,7,9,16,23H,6,8,10-12H2,1-3H3. The van der Waals surface area contributed by atoms with Crippen LogP contribution in [0.4, 0.5) is 0 Å². The van der Waals surface area contributed by atoms with Crippen molar-refractivity contribution in [3.63, 3.8) is 0 Å². The number of ether oxygens (including phenoxy) is 2. The molecule has 7 nitrogen and oxygen atoms in total. The molecule has 1 aliphatic rings. The fourth-order valence-corrected chi connectivity index (χ4v) is 5.12. The van der Waals surface area contributed by atoms with Gasteiger partial charge in [-0.3, -0.25) is 4.79 Å². The van der Waals surface area contributed by atoms with Gasteiger partial charge in [0.1, 0.15) is 17.3 Å². The molecule has 0 radical (unpaired) electrons. The van der Waals surface area contributed by atoms with E-state index in [1.165, 1.54) is 0 Å². The van der Waals surface area contributed by atoms with Crippen LogP contribution in [0, 0.1) is 13.8 Å². The van der Waals surface area contributed by atoms with Crippen LogP contribution in [0.25, 0.3) is 10.2 Å². The molecule has 1 saturated heterocycles. The summed E-state index contributed by atoms with van der Waals surface area (Å²) in [4.78, 5) is 35.6. The van der Waals surface area contributed by atoms with E-state index in [1.54, 1.807) is 32.3 Å². The van der Waals surface area contributed by atoms with Crippen molar-refractivity contribution < 1.29 is 19.1 Å². The number of thiazole rings is 1. The Morgan fingerprint density at radius 3 is 2.83 bits per heavy atom. The van der Waals surface area contributed by atoms with Crippen molar-refractivity contribution in [2.24, 2.45) is 0 Å². The maximum atomic E-state index is 13.4. The molecule has 1 fully saturated rings. The number of amides is 1. The van der Waals surface area contributed by atoms with Crippen LogP contribution in [-0.2, 0) is 9.47 Å². The molecule has 0 aliphatic carbocycles. The van der Waals surface area contributed by atoms with E-state index in [0.29, 0.717) is 35.7 Å². The van der Waals surface area contributed by atoms with Crippen molar-refractivity contribution in [2.45, 2.75) is 32.7 Å². The molecular weight excluding hydrogens is 402 g/mol. The lowest BCUT2D eigenvalue weighted by atomic mass is 10.1. The normalized spacial score (nSPS) is 16.4. The van der Waals surface area contributed by atoms with Gasteiger partial charge in [-0.2, -0.15) is 0 Å². The molecule has 8 heteroatoms. The molecule has 30 heavy (non-hydrogen) atoms. The van der Waals surface area contributed by atoms with Crippen LogP contribution in [0.3, 0.4) is 0 Å². The predicted octanol–water partition coefficient (Wildman–Crippen LogP) is 4.02. The molecule has 2 aromatic heterocycles. The summed E-state index contributed by atoms with van der Waals surface area (Å²) < 4.78 is 11.3.